The molecule has 0 aliphatic carbocycles. The lowest BCUT2D eigenvalue weighted by Crippen LogP contribution is -2.62. The van der Waals surface area contributed by atoms with Crippen molar-refractivity contribution in [2.75, 3.05) is 46.5 Å². The van der Waals surface area contributed by atoms with Gasteiger partial charge in [-0.3, -0.25) is 9.69 Å². The van der Waals surface area contributed by atoms with Crippen LogP contribution in [0.3, 0.4) is 0 Å². The van der Waals surface area contributed by atoms with Crippen LogP contribution in [-0.2, 0) is 14.3 Å². The van der Waals surface area contributed by atoms with E-state index < -0.39 is 17.8 Å². The molecule has 7 heteroatoms. The molecule has 0 spiro atoms. The van der Waals surface area contributed by atoms with E-state index in [9.17, 15) is 15.0 Å². The lowest BCUT2D eigenvalue weighted by molar-refractivity contribution is -0.158. The highest BCUT2D eigenvalue weighted by Crippen LogP contribution is 2.19. The number of amides is 1. The number of nitrogens with zero attached hydrogens (tertiary/aromatic N) is 2. The molecule has 1 amide bonds. The van der Waals surface area contributed by atoms with Crippen LogP contribution in [0, 0.1) is 0 Å². The van der Waals surface area contributed by atoms with Crippen molar-refractivity contribution < 1.29 is 24.5 Å². The Balaban J connectivity index is 1.90. The Morgan fingerprint density at radius 1 is 1.19 bits per heavy atom. The minimum atomic E-state index is -0.837. The fourth-order valence-corrected chi connectivity index (χ4v) is 2.81. The van der Waals surface area contributed by atoms with Crippen molar-refractivity contribution in [3.8, 4) is 0 Å². The third-order valence-corrected chi connectivity index (χ3v) is 4.46. The van der Waals surface area contributed by atoms with Gasteiger partial charge in [0.15, 0.2) is 0 Å². The molecule has 0 unspecified atom stereocenters. The van der Waals surface area contributed by atoms with Gasteiger partial charge in [-0.1, -0.05) is 0 Å². The molecule has 0 radical (unpaired) electrons. The second-order valence-electron chi connectivity index (χ2n) is 6.21. The first-order valence-corrected chi connectivity index (χ1v) is 7.39. The van der Waals surface area contributed by atoms with Gasteiger partial charge in [0.05, 0.1) is 25.4 Å². The van der Waals surface area contributed by atoms with E-state index in [2.05, 4.69) is 4.90 Å². The Labute approximate surface area is 125 Å². The first-order chi connectivity index (χ1) is 9.86. The average Bonchev–Trinajstić information content (AvgIpc) is 2.49. The van der Waals surface area contributed by atoms with Crippen LogP contribution in [0.1, 0.15) is 13.8 Å². The minimum absolute atomic E-state index is 0.0230. The number of hydrogen-bond donors (Lipinski definition) is 2. The Morgan fingerprint density at radius 3 is 2.38 bits per heavy atom. The summed E-state index contributed by atoms with van der Waals surface area (Å²) in [5.41, 5.74) is -0.814. The van der Waals surface area contributed by atoms with E-state index in [0.717, 1.165) is 0 Å². The molecule has 3 atom stereocenters. The van der Waals surface area contributed by atoms with Gasteiger partial charge in [-0.15, -0.1) is 0 Å². The number of carbonyl (C=O) groups excluding carboxylic acids is 1. The molecule has 0 aromatic rings. The van der Waals surface area contributed by atoms with E-state index in [0.29, 0.717) is 32.8 Å². The van der Waals surface area contributed by atoms with Crippen LogP contribution in [-0.4, -0.2) is 96.3 Å². The summed E-state index contributed by atoms with van der Waals surface area (Å²) in [7, 11) is 1.53. The molecule has 0 saturated carbocycles. The van der Waals surface area contributed by atoms with Crippen molar-refractivity contribution in [3.63, 3.8) is 0 Å². The molecule has 7 nitrogen and oxygen atoms in total. The normalized spacial score (nSPS) is 32.2. The summed E-state index contributed by atoms with van der Waals surface area (Å²) in [6.45, 7) is 6.60. The number of methoxy groups -OCH3 is 1. The zero-order valence-corrected chi connectivity index (χ0v) is 13.0. The maximum Gasteiger partial charge on any atom is 0.254 e. The summed E-state index contributed by atoms with van der Waals surface area (Å²) in [6, 6.07) is -0.207. The maximum atomic E-state index is 12.3. The van der Waals surface area contributed by atoms with E-state index >= 15 is 0 Å². The fraction of sp³-hybridized carbons (Fsp3) is 0.929. The molecule has 2 saturated heterocycles. The summed E-state index contributed by atoms with van der Waals surface area (Å²) in [5.74, 6) is -0.0230. The smallest absolute Gasteiger partial charge is 0.254 e. The Bertz CT molecular complexity index is 368. The molecule has 0 aromatic heterocycles. The van der Waals surface area contributed by atoms with Crippen LogP contribution in [0.2, 0.25) is 0 Å². The predicted molar refractivity (Wildman–Crippen MR) is 75.9 cm³/mol. The van der Waals surface area contributed by atoms with Crippen LogP contribution in [0.4, 0.5) is 0 Å². The molecule has 2 aliphatic rings. The van der Waals surface area contributed by atoms with E-state index in [1.807, 2.05) is 0 Å². The second kappa shape index (κ2) is 6.58. The van der Waals surface area contributed by atoms with Crippen LogP contribution in [0.15, 0.2) is 0 Å². The van der Waals surface area contributed by atoms with Crippen molar-refractivity contribution in [2.24, 2.45) is 0 Å². The second-order valence-corrected chi connectivity index (χ2v) is 6.21. The first-order valence-electron chi connectivity index (χ1n) is 7.39. The molecular formula is C14H26N2O5. The van der Waals surface area contributed by atoms with E-state index in [1.165, 1.54) is 7.11 Å². The lowest BCUT2D eigenvalue weighted by Gasteiger charge is -2.44. The number of aliphatic hydroxyl groups is 2. The molecule has 2 rings (SSSR count). The summed E-state index contributed by atoms with van der Waals surface area (Å²) in [6.07, 6.45) is -1.63. The predicted octanol–water partition coefficient (Wildman–Crippen LogP) is -1.32. The van der Waals surface area contributed by atoms with Gasteiger partial charge in [0, 0.05) is 33.3 Å². The molecule has 0 aromatic carbocycles. The molecule has 2 fully saturated rings. The van der Waals surface area contributed by atoms with Crippen molar-refractivity contribution in [1.82, 2.24) is 9.80 Å². The molecular weight excluding hydrogens is 276 g/mol. The Kier molecular flexibility index (Phi) is 5.21. The number of piperazine rings is 1. The molecule has 122 valence electrons. The quantitative estimate of drug-likeness (QED) is 0.673. The SMILES string of the molecule is COC(C)(C)C(=O)N1CCN([C@@H]2COC[C@@H](O)[C@H]2O)CC1. The molecule has 21 heavy (non-hydrogen) atoms. The van der Waals surface area contributed by atoms with Crippen LogP contribution in [0.25, 0.3) is 0 Å². The standard InChI is InChI=1S/C14H26N2O5/c1-14(2,20-3)13(19)16-6-4-15(5-7-16)10-8-21-9-11(17)12(10)18/h10-12,17-18H,4-9H2,1-3H3/t10-,11-,12+/m1/s1. The number of ether oxygens (including phenoxy) is 2. The van der Waals surface area contributed by atoms with Gasteiger partial charge in [-0.2, -0.15) is 0 Å². The summed E-state index contributed by atoms with van der Waals surface area (Å²) in [5, 5.41) is 19.7. The zero-order chi connectivity index (χ0) is 15.6. The summed E-state index contributed by atoms with van der Waals surface area (Å²) in [4.78, 5) is 16.2. The van der Waals surface area contributed by atoms with Crippen molar-refractivity contribution >= 4 is 5.91 Å². The van der Waals surface area contributed by atoms with E-state index in [4.69, 9.17) is 9.47 Å². The highest BCUT2D eigenvalue weighted by atomic mass is 16.5. The van der Waals surface area contributed by atoms with Crippen molar-refractivity contribution in [2.45, 2.75) is 37.7 Å². The summed E-state index contributed by atoms with van der Waals surface area (Å²) >= 11 is 0. The molecule has 2 heterocycles. The third kappa shape index (κ3) is 3.54. The topological polar surface area (TPSA) is 82.5 Å². The van der Waals surface area contributed by atoms with Gasteiger partial charge in [0.25, 0.3) is 5.91 Å². The third-order valence-electron chi connectivity index (χ3n) is 4.46. The first kappa shape index (κ1) is 16.6. The average molecular weight is 302 g/mol. The van der Waals surface area contributed by atoms with Crippen LogP contribution >= 0.6 is 0 Å². The minimum Gasteiger partial charge on any atom is -0.389 e. The van der Waals surface area contributed by atoms with Crippen molar-refractivity contribution in [3.05, 3.63) is 0 Å². The molecule has 0 bridgehead atoms. The molecule has 2 N–H and O–H groups in total. The van der Waals surface area contributed by atoms with Crippen molar-refractivity contribution in [1.29, 1.82) is 0 Å². The Morgan fingerprint density at radius 2 is 1.81 bits per heavy atom. The van der Waals surface area contributed by atoms with Crippen LogP contribution < -0.4 is 0 Å². The van der Waals surface area contributed by atoms with E-state index in [1.54, 1.807) is 18.7 Å². The lowest BCUT2D eigenvalue weighted by atomic mass is 10.0. The van der Waals surface area contributed by atoms with Crippen LogP contribution in [0.5, 0.6) is 0 Å². The molecule has 2 aliphatic heterocycles. The highest BCUT2D eigenvalue weighted by molar-refractivity contribution is 5.84. The van der Waals surface area contributed by atoms with E-state index in [-0.39, 0.29) is 18.6 Å². The number of rotatable bonds is 3. The monoisotopic (exact) mass is 302 g/mol. The zero-order valence-electron chi connectivity index (χ0n) is 13.0. The largest absolute Gasteiger partial charge is 0.389 e. The summed E-state index contributed by atoms with van der Waals surface area (Å²) < 4.78 is 10.5. The Hall–Kier alpha value is -0.730. The number of aliphatic hydroxyl groups excluding tert-OH is 2. The maximum absolute atomic E-state index is 12.3. The van der Waals surface area contributed by atoms with Gasteiger partial charge < -0.3 is 24.6 Å². The number of carbonyl (C=O) groups is 1. The van der Waals surface area contributed by atoms with Gasteiger partial charge in [0.1, 0.15) is 11.7 Å². The van der Waals surface area contributed by atoms with Gasteiger partial charge >= 0.3 is 0 Å². The number of hydrogen-bond acceptors (Lipinski definition) is 6. The highest BCUT2D eigenvalue weighted by Gasteiger charge is 2.39. The van der Waals surface area contributed by atoms with Gasteiger partial charge in [0.2, 0.25) is 0 Å². The van der Waals surface area contributed by atoms with Gasteiger partial charge in [-0.25, -0.2) is 0 Å². The van der Waals surface area contributed by atoms with Gasteiger partial charge in [-0.05, 0) is 13.8 Å². The fourth-order valence-electron chi connectivity index (χ4n) is 2.81.